The van der Waals surface area contributed by atoms with Crippen molar-refractivity contribution < 1.29 is 23.1 Å². The third kappa shape index (κ3) is 6.20. The lowest BCUT2D eigenvalue weighted by atomic mass is 9.79. The number of hydrogen-bond donors (Lipinski definition) is 4. The van der Waals surface area contributed by atoms with Gasteiger partial charge in [-0.25, -0.2) is 18.4 Å². The summed E-state index contributed by atoms with van der Waals surface area (Å²) in [5.41, 5.74) is -0.740. The van der Waals surface area contributed by atoms with Crippen molar-refractivity contribution in [2.75, 3.05) is 12.3 Å². The number of carboxylic acid groups (broad SMARTS) is 1. The highest BCUT2D eigenvalue weighted by atomic mass is 32.2. The van der Waals surface area contributed by atoms with Crippen molar-refractivity contribution in [1.29, 1.82) is 0 Å². The lowest BCUT2D eigenvalue weighted by Crippen LogP contribution is -2.54. The molecule has 20 heavy (non-hydrogen) atoms. The molecule has 0 aliphatic heterocycles. The highest BCUT2D eigenvalue weighted by Gasteiger charge is 2.35. The van der Waals surface area contributed by atoms with Gasteiger partial charge in [-0.2, -0.15) is 0 Å². The van der Waals surface area contributed by atoms with Crippen molar-refractivity contribution in [1.82, 2.24) is 10.6 Å². The van der Waals surface area contributed by atoms with Crippen LogP contribution < -0.4 is 15.8 Å². The zero-order chi connectivity index (χ0) is 15.2. The van der Waals surface area contributed by atoms with Gasteiger partial charge in [-0.1, -0.05) is 19.3 Å². The van der Waals surface area contributed by atoms with E-state index in [1.165, 1.54) is 0 Å². The van der Waals surface area contributed by atoms with Gasteiger partial charge in [0.25, 0.3) is 0 Å². The maximum atomic E-state index is 11.7. The Kier molecular flexibility index (Phi) is 5.75. The normalized spacial score (nSPS) is 18.2. The molecule has 0 spiro atoms. The molecular weight excluding hydrogens is 286 g/mol. The molecule has 0 heterocycles. The smallest absolute Gasteiger partial charge is 0.315 e. The average molecular weight is 307 g/mol. The first-order chi connectivity index (χ1) is 9.22. The topological polar surface area (TPSA) is 139 Å². The van der Waals surface area contributed by atoms with E-state index < -0.39 is 27.6 Å². The largest absolute Gasteiger partial charge is 0.481 e. The van der Waals surface area contributed by atoms with Crippen LogP contribution in [0.2, 0.25) is 0 Å². The summed E-state index contributed by atoms with van der Waals surface area (Å²) in [4.78, 5) is 22.7. The van der Waals surface area contributed by atoms with Gasteiger partial charge in [0, 0.05) is 6.54 Å². The predicted octanol–water partition coefficient (Wildman–Crippen LogP) is -0.248. The maximum absolute atomic E-state index is 11.7. The summed E-state index contributed by atoms with van der Waals surface area (Å²) in [5.74, 6) is -1.32. The van der Waals surface area contributed by atoms with Crippen LogP contribution in [0.4, 0.5) is 4.79 Å². The Morgan fingerprint density at radius 1 is 1.20 bits per heavy atom. The first kappa shape index (κ1) is 16.7. The van der Waals surface area contributed by atoms with Crippen molar-refractivity contribution in [2.24, 2.45) is 5.14 Å². The molecule has 0 aromatic carbocycles. The van der Waals surface area contributed by atoms with Crippen molar-refractivity contribution >= 4 is 22.0 Å². The van der Waals surface area contributed by atoms with Gasteiger partial charge in [0.05, 0.1) is 17.7 Å². The third-order valence-corrected chi connectivity index (χ3v) is 4.12. The number of carbonyl (C=O) groups excluding carboxylic acids is 1. The molecule has 2 amide bonds. The van der Waals surface area contributed by atoms with Crippen LogP contribution in [0, 0.1) is 0 Å². The van der Waals surface area contributed by atoms with Crippen molar-refractivity contribution in [3.05, 3.63) is 0 Å². The fourth-order valence-electron chi connectivity index (χ4n) is 2.46. The summed E-state index contributed by atoms with van der Waals surface area (Å²) in [6.07, 6.45) is 3.85. The van der Waals surface area contributed by atoms with Gasteiger partial charge < -0.3 is 15.7 Å². The number of carbonyl (C=O) groups is 2. The zero-order valence-corrected chi connectivity index (χ0v) is 12.0. The van der Waals surface area contributed by atoms with Crippen molar-refractivity contribution in [3.8, 4) is 0 Å². The number of primary sulfonamides is 1. The lowest BCUT2D eigenvalue weighted by molar-refractivity contribution is -0.139. The minimum absolute atomic E-state index is 0.103. The van der Waals surface area contributed by atoms with E-state index in [1.807, 2.05) is 0 Å². The number of urea groups is 1. The molecule has 9 heteroatoms. The number of amides is 2. The molecular formula is C11H21N3O5S. The standard InChI is InChI=1S/C11H21N3O5S/c12-20(18,19)7-6-13-10(17)14-11(8-9(15)16)4-2-1-3-5-11/h1-8H2,(H,15,16)(H2,12,18,19)(H2,13,14,17). The summed E-state index contributed by atoms with van der Waals surface area (Å²) in [5, 5.41) is 18.8. The molecule has 0 radical (unpaired) electrons. The van der Waals surface area contributed by atoms with Crippen LogP contribution in [0.3, 0.4) is 0 Å². The van der Waals surface area contributed by atoms with Crippen LogP contribution in [-0.2, 0) is 14.8 Å². The second-order valence-electron chi connectivity index (χ2n) is 5.16. The van der Waals surface area contributed by atoms with Gasteiger partial charge in [-0.05, 0) is 12.8 Å². The molecule has 0 bridgehead atoms. The minimum Gasteiger partial charge on any atom is -0.481 e. The van der Waals surface area contributed by atoms with E-state index in [1.54, 1.807) is 0 Å². The number of rotatable bonds is 6. The molecule has 1 aliphatic carbocycles. The van der Waals surface area contributed by atoms with E-state index >= 15 is 0 Å². The van der Waals surface area contributed by atoms with Gasteiger partial charge >= 0.3 is 12.0 Å². The molecule has 8 nitrogen and oxygen atoms in total. The number of hydrogen-bond acceptors (Lipinski definition) is 4. The van der Waals surface area contributed by atoms with E-state index in [2.05, 4.69) is 10.6 Å². The second kappa shape index (κ2) is 6.89. The minimum atomic E-state index is -3.62. The van der Waals surface area contributed by atoms with Gasteiger partial charge in [0.15, 0.2) is 0 Å². The van der Waals surface area contributed by atoms with Crippen LogP contribution in [0.25, 0.3) is 0 Å². The number of nitrogens with one attached hydrogen (secondary N) is 2. The Morgan fingerprint density at radius 3 is 2.30 bits per heavy atom. The van der Waals surface area contributed by atoms with Crippen molar-refractivity contribution in [2.45, 2.75) is 44.1 Å². The zero-order valence-electron chi connectivity index (χ0n) is 11.2. The number of nitrogens with two attached hydrogens (primary N) is 1. The second-order valence-corrected chi connectivity index (χ2v) is 6.89. The van der Waals surface area contributed by atoms with Crippen LogP contribution >= 0.6 is 0 Å². The number of carboxylic acids is 1. The molecule has 0 atom stereocenters. The van der Waals surface area contributed by atoms with E-state index in [0.29, 0.717) is 12.8 Å². The molecule has 0 saturated heterocycles. The first-order valence-corrected chi connectivity index (χ1v) is 8.22. The molecule has 1 aliphatic rings. The Balaban J connectivity index is 2.52. The van der Waals surface area contributed by atoms with Gasteiger partial charge in [0.1, 0.15) is 0 Å². The van der Waals surface area contributed by atoms with E-state index in [9.17, 15) is 18.0 Å². The van der Waals surface area contributed by atoms with Crippen LogP contribution in [0.5, 0.6) is 0 Å². The average Bonchev–Trinajstić information content (AvgIpc) is 2.26. The Bertz CT molecular complexity index is 457. The summed E-state index contributed by atoms with van der Waals surface area (Å²) in [7, 11) is -3.62. The molecule has 1 rings (SSSR count). The fraction of sp³-hybridized carbons (Fsp3) is 0.818. The molecule has 1 fully saturated rings. The number of sulfonamides is 1. The van der Waals surface area contributed by atoms with E-state index in [0.717, 1.165) is 19.3 Å². The van der Waals surface area contributed by atoms with Gasteiger partial charge in [0.2, 0.25) is 10.0 Å². The Morgan fingerprint density at radius 2 is 1.80 bits per heavy atom. The van der Waals surface area contributed by atoms with Crippen LogP contribution in [0.15, 0.2) is 0 Å². The number of aliphatic carboxylic acids is 1. The molecule has 0 aromatic rings. The Labute approximate surface area is 118 Å². The quantitative estimate of drug-likeness (QED) is 0.536. The maximum Gasteiger partial charge on any atom is 0.315 e. The summed E-state index contributed by atoms with van der Waals surface area (Å²) >= 11 is 0. The lowest BCUT2D eigenvalue weighted by Gasteiger charge is -2.36. The van der Waals surface area contributed by atoms with E-state index in [-0.39, 0.29) is 18.7 Å². The van der Waals surface area contributed by atoms with Crippen molar-refractivity contribution in [3.63, 3.8) is 0 Å². The first-order valence-electron chi connectivity index (χ1n) is 6.51. The summed E-state index contributed by atoms with van der Waals surface area (Å²) in [6.45, 7) is -0.103. The predicted molar refractivity (Wildman–Crippen MR) is 72.6 cm³/mol. The van der Waals surface area contributed by atoms with E-state index in [4.69, 9.17) is 10.2 Å². The third-order valence-electron chi connectivity index (χ3n) is 3.35. The molecule has 0 unspecified atom stereocenters. The summed E-state index contributed by atoms with van der Waals surface area (Å²) in [6, 6.07) is -0.559. The van der Waals surface area contributed by atoms with Crippen LogP contribution in [0.1, 0.15) is 38.5 Å². The fourth-order valence-corrected chi connectivity index (χ4v) is 2.84. The highest BCUT2D eigenvalue weighted by molar-refractivity contribution is 7.89. The monoisotopic (exact) mass is 307 g/mol. The van der Waals surface area contributed by atoms with Gasteiger partial charge in [-0.15, -0.1) is 0 Å². The van der Waals surface area contributed by atoms with Crippen LogP contribution in [-0.4, -0.2) is 43.4 Å². The summed E-state index contributed by atoms with van der Waals surface area (Å²) < 4.78 is 21.5. The highest BCUT2D eigenvalue weighted by Crippen LogP contribution is 2.31. The molecule has 0 aromatic heterocycles. The molecule has 1 saturated carbocycles. The molecule has 116 valence electrons. The SMILES string of the molecule is NS(=O)(=O)CCNC(=O)NC1(CC(=O)O)CCCCC1. The Hall–Kier alpha value is -1.35. The van der Waals surface area contributed by atoms with Gasteiger partial charge in [-0.3, -0.25) is 4.79 Å². The molecule has 5 N–H and O–H groups in total.